The maximum absolute atomic E-state index is 5.72. The quantitative estimate of drug-likeness (QED) is 0.633. The molecule has 0 spiro atoms. The molecule has 0 aliphatic heterocycles. The van der Waals surface area contributed by atoms with Crippen LogP contribution in [0.3, 0.4) is 0 Å². The van der Waals surface area contributed by atoms with Crippen LogP contribution in [0.2, 0.25) is 0 Å². The Balaban J connectivity index is 2.92. The van der Waals surface area contributed by atoms with Crippen LogP contribution in [-0.4, -0.2) is 13.6 Å². The molecule has 0 aliphatic rings. The van der Waals surface area contributed by atoms with Gasteiger partial charge < -0.3 is 16.8 Å². The van der Waals surface area contributed by atoms with Crippen LogP contribution in [0.4, 0.5) is 11.4 Å². The molecule has 1 aromatic carbocycles. The van der Waals surface area contributed by atoms with E-state index in [2.05, 4.69) is 11.4 Å². The number of anilines is 2. The van der Waals surface area contributed by atoms with Crippen molar-refractivity contribution < 1.29 is 0 Å². The number of likely N-dealkylation sites (N-methyl/N-ethyl adjacent to an activating group) is 1. The van der Waals surface area contributed by atoms with Gasteiger partial charge in [0.2, 0.25) is 0 Å². The van der Waals surface area contributed by atoms with Crippen LogP contribution in [0.15, 0.2) is 18.2 Å². The maximum Gasteiger partial charge on any atom is 0.0553 e. The molecule has 0 saturated heterocycles. The minimum absolute atomic E-state index is 0.639. The molecular weight excluding hydrogens is 174 g/mol. The third kappa shape index (κ3) is 2.50. The Morgan fingerprint density at radius 1 is 1.29 bits per heavy atom. The molecule has 3 heteroatoms. The summed E-state index contributed by atoms with van der Waals surface area (Å²) in [5, 5.41) is 3.04. The molecule has 1 aromatic rings. The second kappa shape index (κ2) is 4.67. The van der Waals surface area contributed by atoms with E-state index in [1.807, 2.05) is 32.2 Å². The Kier molecular flexibility index (Phi) is 3.54. The summed E-state index contributed by atoms with van der Waals surface area (Å²) in [5.41, 5.74) is 14.9. The molecule has 76 valence electrons. The van der Waals surface area contributed by atoms with Crippen LogP contribution in [-0.2, 0) is 0 Å². The number of nitrogens with two attached hydrogens (primary N) is 2. The van der Waals surface area contributed by atoms with E-state index in [0.29, 0.717) is 11.4 Å². The molecular formula is C11H17N3. The second-order valence-electron chi connectivity index (χ2n) is 3.30. The van der Waals surface area contributed by atoms with E-state index in [1.165, 1.54) is 0 Å². The van der Waals surface area contributed by atoms with Crippen LogP contribution in [0.1, 0.15) is 11.1 Å². The third-order valence-electron chi connectivity index (χ3n) is 2.09. The normalized spacial score (nSPS) is 11.0. The second-order valence-corrected chi connectivity index (χ2v) is 3.30. The molecule has 0 aliphatic carbocycles. The van der Waals surface area contributed by atoms with Gasteiger partial charge in [-0.05, 0) is 37.2 Å². The fourth-order valence-electron chi connectivity index (χ4n) is 1.25. The number of nitrogens with one attached hydrogen (secondary N) is 1. The number of aryl methyl sites for hydroxylation is 1. The minimum atomic E-state index is 0.639. The molecule has 0 atom stereocenters. The van der Waals surface area contributed by atoms with Gasteiger partial charge in [0.15, 0.2) is 0 Å². The number of hydrogen-bond donors (Lipinski definition) is 3. The number of hydrogen-bond acceptors (Lipinski definition) is 3. The van der Waals surface area contributed by atoms with Gasteiger partial charge in [0.05, 0.1) is 11.4 Å². The van der Waals surface area contributed by atoms with Crippen molar-refractivity contribution >= 4 is 17.5 Å². The Bertz CT molecular complexity index is 343. The van der Waals surface area contributed by atoms with Crippen molar-refractivity contribution in [2.45, 2.75) is 6.92 Å². The van der Waals surface area contributed by atoms with E-state index < -0.39 is 0 Å². The standard InChI is InChI=1S/C11H17N3/c1-8-6-10(12)11(13)7-9(8)4-3-5-14-2/h3-4,6-7,14H,5,12-13H2,1-2H3. The molecule has 1 rings (SSSR count). The highest BCUT2D eigenvalue weighted by Gasteiger charge is 1.99. The lowest BCUT2D eigenvalue weighted by atomic mass is 10.1. The summed E-state index contributed by atoms with van der Waals surface area (Å²) in [6.07, 6.45) is 4.10. The van der Waals surface area contributed by atoms with Gasteiger partial charge in [-0.2, -0.15) is 0 Å². The van der Waals surface area contributed by atoms with E-state index in [0.717, 1.165) is 17.7 Å². The topological polar surface area (TPSA) is 64.1 Å². The predicted molar refractivity (Wildman–Crippen MR) is 63.0 cm³/mol. The predicted octanol–water partition coefficient (Wildman–Crippen LogP) is 1.39. The van der Waals surface area contributed by atoms with Crippen molar-refractivity contribution in [3.05, 3.63) is 29.3 Å². The highest BCUT2D eigenvalue weighted by Crippen LogP contribution is 2.21. The van der Waals surface area contributed by atoms with Crippen LogP contribution in [0.25, 0.3) is 6.08 Å². The van der Waals surface area contributed by atoms with E-state index in [-0.39, 0.29) is 0 Å². The zero-order valence-electron chi connectivity index (χ0n) is 8.67. The summed E-state index contributed by atoms with van der Waals surface area (Å²) < 4.78 is 0. The molecule has 0 unspecified atom stereocenters. The Morgan fingerprint density at radius 3 is 2.57 bits per heavy atom. The highest BCUT2D eigenvalue weighted by molar-refractivity contribution is 5.70. The first-order chi connectivity index (χ1) is 6.65. The zero-order valence-corrected chi connectivity index (χ0v) is 8.67. The number of nitrogen functional groups attached to an aromatic ring is 2. The zero-order chi connectivity index (χ0) is 10.6. The van der Waals surface area contributed by atoms with Crippen molar-refractivity contribution in [3.8, 4) is 0 Å². The van der Waals surface area contributed by atoms with Gasteiger partial charge in [-0.25, -0.2) is 0 Å². The van der Waals surface area contributed by atoms with Gasteiger partial charge >= 0.3 is 0 Å². The average Bonchev–Trinajstić information content (AvgIpc) is 2.14. The summed E-state index contributed by atoms with van der Waals surface area (Å²) in [5.74, 6) is 0. The SMILES string of the molecule is CNCC=Cc1cc(N)c(N)cc1C. The minimum Gasteiger partial charge on any atom is -0.397 e. The van der Waals surface area contributed by atoms with Gasteiger partial charge in [0.1, 0.15) is 0 Å². The molecule has 0 bridgehead atoms. The third-order valence-corrected chi connectivity index (χ3v) is 2.09. The van der Waals surface area contributed by atoms with E-state index in [4.69, 9.17) is 11.5 Å². The van der Waals surface area contributed by atoms with Gasteiger partial charge in [0, 0.05) is 6.54 Å². The molecule has 0 aromatic heterocycles. The fraction of sp³-hybridized carbons (Fsp3) is 0.273. The Labute approximate surface area is 84.8 Å². The summed E-state index contributed by atoms with van der Waals surface area (Å²) in [6, 6.07) is 3.80. The van der Waals surface area contributed by atoms with E-state index >= 15 is 0 Å². The lowest BCUT2D eigenvalue weighted by Crippen LogP contribution is -2.03. The van der Waals surface area contributed by atoms with Gasteiger partial charge in [0.25, 0.3) is 0 Å². The molecule has 0 saturated carbocycles. The first-order valence-electron chi connectivity index (χ1n) is 4.62. The lowest BCUT2D eigenvalue weighted by molar-refractivity contribution is 0.922. The van der Waals surface area contributed by atoms with Gasteiger partial charge in [-0.1, -0.05) is 12.2 Å². The monoisotopic (exact) mass is 191 g/mol. The molecule has 3 nitrogen and oxygen atoms in total. The van der Waals surface area contributed by atoms with Crippen LogP contribution in [0.5, 0.6) is 0 Å². The summed E-state index contributed by atoms with van der Waals surface area (Å²) in [4.78, 5) is 0. The molecule has 0 fully saturated rings. The lowest BCUT2D eigenvalue weighted by Gasteiger charge is -2.05. The van der Waals surface area contributed by atoms with Crippen LogP contribution >= 0.6 is 0 Å². The van der Waals surface area contributed by atoms with Crippen molar-refractivity contribution in [2.75, 3.05) is 25.1 Å². The van der Waals surface area contributed by atoms with Gasteiger partial charge in [-0.3, -0.25) is 0 Å². The molecule has 0 radical (unpaired) electrons. The van der Waals surface area contributed by atoms with Crippen molar-refractivity contribution in [1.29, 1.82) is 0 Å². The number of benzene rings is 1. The van der Waals surface area contributed by atoms with E-state index in [1.54, 1.807) is 0 Å². The average molecular weight is 191 g/mol. The molecule has 0 heterocycles. The largest absolute Gasteiger partial charge is 0.397 e. The van der Waals surface area contributed by atoms with E-state index in [9.17, 15) is 0 Å². The fourth-order valence-corrected chi connectivity index (χ4v) is 1.25. The summed E-state index contributed by atoms with van der Waals surface area (Å²) in [6.45, 7) is 2.87. The van der Waals surface area contributed by atoms with Crippen LogP contribution < -0.4 is 16.8 Å². The first-order valence-corrected chi connectivity index (χ1v) is 4.62. The Hall–Kier alpha value is -1.48. The van der Waals surface area contributed by atoms with Crippen molar-refractivity contribution in [2.24, 2.45) is 0 Å². The number of rotatable bonds is 3. The highest BCUT2D eigenvalue weighted by atomic mass is 14.8. The first kappa shape index (κ1) is 10.6. The van der Waals surface area contributed by atoms with Crippen molar-refractivity contribution in [3.63, 3.8) is 0 Å². The maximum atomic E-state index is 5.72. The van der Waals surface area contributed by atoms with Gasteiger partial charge in [-0.15, -0.1) is 0 Å². The summed E-state index contributed by atoms with van der Waals surface area (Å²) in [7, 11) is 1.91. The molecule has 0 amide bonds. The Morgan fingerprint density at radius 2 is 1.93 bits per heavy atom. The molecule has 14 heavy (non-hydrogen) atoms. The smallest absolute Gasteiger partial charge is 0.0553 e. The molecule has 5 N–H and O–H groups in total. The van der Waals surface area contributed by atoms with Crippen molar-refractivity contribution in [1.82, 2.24) is 5.32 Å². The van der Waals surface area contributed by atoms with Crippen LogP contribution in [0, 0.1) is 6.92 Å². The summed E-state index contributed by atoms with van der Waals surface area (Å²) >= 11 is 0.